The van der Waals surface area contributed by atoms with E-state index in [1.807, 2.05) is 5.38 Å². The van der Waals surface area contributed by atoms with E-state index in [0.717, 1.165) is 70.0 Å². The van der Waals surface area contributed by atoms with Crippen molar-refractivity contribution in [2.24, 2.45) is 5.92 Å². The second-order valence-corrected chi connectivity index (χ2v) is 10.2. The van der Waals surface area contributed by atoms with E-state index >= 15 is 0 Å². The Hall–Kier alpha value is -1.93. The summed E-state index contributed by atoms with van der Waals surface area (Å²) in [5.41, 5.74) is 1.55. The van der Waals surface area contributed by atoms with E-state index in [1.54, 1.807) is 6.92 Å². The van der Waals surface area contributed by atoms with Gasteiger partial charge in [0.15, 0.2) is 0 Å². The zero-order chi connectivity index (χ0) is 22.5. The first-order valence-electron chi connectivity index (χ1n) is 12.2. The van der Waals surface area contributed by atoms with Gasteiger partial charge in [-0.2, -0.15) is 0 Å². The summed E-state index contributed by atoms with van der Waals surface area (Å²) in [7, 11) is 0. The second kappa shape index (κ2) is 10.8. The molecule has 0 bridgehead atoms. The Labute approximate surface area is 194 Å². The van der Waals surface area contributed by atoms with Crippen LogP contribution in [-0.4, -0.2) is 55.0 Å². The third-order valence-corrected chi connectivity index (χ3v) is 7.76. The zero-order valence-electron chi connectivity index (χ0n) is 19.0. The normalized spacial score (nSPS) is 20.7. The topological polar surface area (TPSA) is 87.7 Å². The summed E-state index contributed by atoms with van der Waals surface area (Å²) in [4.78, 5) is 39.8. The summed E-state index contributed by atoms with van der Waals surface area (Å²) < 4.78 is 5.24. The number of carbonyl (C=O) groups excluding carboxylic acids is 3. The molecule has 0 atom stereocenters. The third kappa shape index (κ3) is 5.90. The molecule has 2 N–H and O–H groups in total. The number of esters is 1. The predicted octanol–water partition coefficient (Wildman–Crippen LogP) is 3.90. The molecule has 32 heavy (non-hydrogen) atoms. The summed E-state index contributed by atoms with van der Waals surface area (Å²) in [6, 6.07) is 0.206. The van der Waals surface area contributed by atoms with Crippen molar-refractivity contribution in [3.05, 3.63) is 16.5 Å². The zero-order valence-corrected chi connectivity index (χ0v) is 19.8. The lowest BCUT2D eigenvalue weighted by molar-refractivity contribution is -0.127. The first-order chi connectivity index (χ1) is 15.5. The standard InChI is InChI=1S/C24H35N3O4S/c1-2-31-24(30)21-19(16-8-9-16)15-32-23(21)26-20(28)14-27-12-10-18(11-13-27)25-22(29)17-6-4-3-5-7-17/h15-18H,2-14H2,1H3,(H,25,29)(H,26,28). The van der Waals surface area contributed by atoms with E-state index in [2.05, 4.69) is 15.5 Å². The predicted molar refractivity (Wildman–Crippen MR) is 125 cm³/mol. The summed E-state index contributed by atoms with van der Waals surface area (Å²) in [5, 5.41) is 8.78. The number of anilines is 1. The highest BCUT2D eigenvalue weighted by Gasteiger charge is 2.33. The van der Waals surface area contributed by atoms with E-state index in [-0.39, 0.29) is 29.7 Å². The molecule has 7 nitrogen and oxygen atoms in total. The number of piperidine rings is 1. The number of likely N-dealkylation sites (tertiary alicyclic amines) is 1. The number of hydrogen-bond donors (Lipinski definition) is 2. The maximum absolute atomic E-state index is 12.7. The van der Waals surface area contributed by atoms with Gasteiger partial charge < -0.3 is 15.4 Å². The molecule has 1 aromatic heterocycles. The van der Waals surface area contributed by atoms with E-state index in [9.17, 15) is 14.4 Å². The van der Waals surface area contributed by atoms with Crippen LogP contribution in [0.1, 0.15) is 86.6 Å². The lowest BCUT2D eigenvalue weighted by Gasteiger charge is -2.33. The fourth-order valence-electron chi connectivity index (χ4n) is 4.86. The van der Waals surface area contributed by atoms with Gasteiger partial charge in [0.25, 0.3) is 0 Å². The molecule has 1 aromatic rings. The van der Waals surface area contributed by atoms with E-state index in [1.165, 1.54) is 17.8 Å². The van der Waals surface area contributed by atoms with Gasteiger partial charge in [-0.25, -0.2) is 4.79 Å². The number of nitrogens with one attached hydrogen (secondary N) is 2. The van der Waals surface area contributed by atoms with Gasteiger partial charge >= 0.3 is 5.97 Å². The molecular weight excluding hydrogens is 426 g/mol. The lowest BCUT2D eigenvalue weighted by Crippen LogP contribution is -2.48. The Bertz CT molecular complexity index is 821. The molecule has 176 valence electrons. The third-order valence-electron chi connectivity index (χ3n) is 6.85. The smallest absolute Gasteiger partial charge is 0.341 e. The largest absolute Gasteiger partial charge is 0.462 e. The minimum absolute atomic E-state index is 0.107. The minimum Gasteiger partial charge on any atom is -0.462 e. The van der Waals surface area contributed by atoms with Crippen molar-refractivity contribution in [1.29, 1.82) is 0 Å². The van der Waals surface area contributed by atoms with Gasteiger partial charge in [-0.1, -0.05) is 19.3 Å². The highest BCUT2D eigenvalue weighted by atomic mass is 32.1. The molecule has 4 rings (SSSR count). The molecule has 1 saturated heterocycles. The number of hydrogen-bond acceptors (Lipinski definition) is 6. The number of ether oxygens (including phenoxy) is 1. The fraction of sp³-hybridized carbons (Fsp3) is 0.708. The number of amides is 2. The first-order valence-corrected chi connectivity index (χ1v) is 13.0. The molecule has 0 radical (unpaired) electrons. The molecule has 0 unspecified atom stereocenters. The fourth-order valence-corrected chi connectivity index (χ4v) is 5.91. The van der Waals surface area contributed by atoms with Crippen LogP contribution in [0.3, 0.4) is 0 Å². The average molecular weight is 462 g/mol. The van der Waals surface area contributed by atoms with Gasteiger partial charge in [-0.15, -0.1) is 11.3 Å². The molecule has 0 aromatic carbocycles. The maximum Gasteiger partial charge on any atom is 0.341 e. The number of thiophene rings is 1. The van der Waals surface area contributed by atoms with E-state index < -0.39 is 0 Å². The van der Waals surface area contributed by atoms with Crippen LogP contribution in [0.25, 0.3) is 0 Å². The quantitative estimate of drug-likeness (QED) is 0.573. The van der Waals surface area contributed by atoms with E-state index in [0.29, 0.717) is 29.6 Å². The van der Waals surface area contributed by atoms with Crippen LogP contribution < -0.4 is 10.6 Å². The van der Waals surface area contributed by atoms with Gasteiger partial charge in [0.1, 0.15) is 5.00 Å². The monoisotopic (exact) mass is 461 g/mol. The summed E-state index contributed by atoms with van der Waals surface area (Å²) in [6.45, 7) is 3.97. The molecule has 2 saturated carbocycles. The molecule has 8 heteroatoms. The molecule has 2 heterocycles. The molecule has 2 amide bonds. The van der Waals surface area contributed by atoms with Crippen molar-refractivity contribution >= 4 is 34.1 Å². The van der Waals surface area contributed by atoms with Gasteiger partial charge in [0.2, 0.25) is 11.8 Å². The van der Waals surface area contributed by atoms with Gasteiger partial charge in [0.05, 0.1) is 18.7 Å². The minimum atomic E-state index is -0.347. The molecule has 3 aliphatic rings. The van der Waals surface area contributed by atoms with Crippen molar-refractivity contribution in [3.8, 4) is 0 Å². The number of rotatable bonds is 8. The van der Waals surface area contributed by atoms with Gasteiger partial charge in [-0.3, -0.25) is 14.5 Å². The summed E-state index contributed by atoms with van der Waals surface area (Å²) in [6.07, 6.45) is 9.51. The molecule has 2 aliphatic carbocycles. The Balaban J connectivity index is 1.25. The maximum atomic E-state index is 12.7. The molecule has 3 fully saturated rings. The highest BCUT2D eigenvalue weighted by Crippen LogP contribution is 2.46. The van der Waals surface area contributed by atoms with Crippen LogP contribution in [0.5, 0.6) is 0 Å². The summed E-state index contributed by atoms with van der Waals surface area (Å²) in [5.74, 6) is 0.369. The van der Waals surface area contributed by atoms with Crippen molar-refractivity contribution in [2.75, 3.05) is 31.6 Å². The van der Waals surface area contributed by atoms with Crippen molar-refractivity contribution in [3.63, 3.8) is 0 Å². The Morgan fingerprint density at radius 2 is 1.78 bits per heavy atom. The van der Waals surface area contributed by atoms with Crippen molar-refractivity contribution < 1.29 is 19.1 Å². The van der Waals surface area contributed by atoms with Crippen molar-refractivity contribution in [1.82, 2.24) is 10.2 Å². The van der Waals surface area contributed by atoms with Crippen molar-refractivity contribution in [2.45, 2.75) is 76.7 Å². The highest BCUT2D eigenvalue weighted by molar-refractivity contribution is 7.15. The van der Waals surface area contributed by atoms with Gasteiger partial charge in [0, 0.05) is 25.0 Å². The van der Waals surface area contributed by atoms with Crippen LogP contribution in [-0.2, 0) is 14.3 Å². The Kier molecular flexibility index (Phi) is 7.84. The Morgan fingerprint density at radius 3 is 2.44 bits per heavy atom. The first kappa shape index (κ1) is 23.2. The van der Waals surface area contributed by atoms with Crippen LogP contribution in [0.15, 0.2) is 5.38 Å². The van der Waals surface area contributed by atoms with Crippen LogP contribution >= 0.6 is 11.3 Å². The Morgan fingerprint density at radius 1 is 1.06 bits per heavy atom. The van der Waals surface area contributed by atoms with Crippen LogP contribution in [0.2, 0.25) is 0 Å². The molecule has 0 spiro atoms. The van der Waals surface area contributed by atoms with Crippen LogP contribution in [0.4, 0.5) is 5.00 Å². The van der Waals surface area contributed by atoms with Gasteiger partial charge in [-0.05, 0) is 62.3 Å². The average Bonchev–Trinajstić information content (AvgIpc) is 3.56. The van der Waals surface area contributed by atoms with Crippen LogP contribution in [0, 0.1) is 5.92 Å². The molecule has 1 aliphatic heterocycles. The number of nitrogens with zero attached hydrogens (tertiary/aromatic N) is 1. The lowest BCUT2D eigenvalue weighted by atomic mass is 9.88. The number of carbonyl (C=O) groups is 3. The summed E-state index contributed by atoms with van der Waals surface area (Å²) >= 11 is 1.41. The van der Waals surface area contributed by atoms with E-state index in [4.69, 9.17) is 4.74 Å². The molecular formula is C24H35N3O4S. The second-order valence-electron chi connectivity index (χ2n) is 9.33. The SMILES string of the molecule is CCOC(=O)c1c(C2CC2)csc1NC(=O)CN1CCC(NC(=O)C2CCCCC2)CC1.